The van der Waals surface area contributed by atoms with Crippen molar-refractivity contribution in [2.75, 3.05) is 26.2 Å². The van der Waals surface area contributed by atoms with E-state index in [-0.39, 0.29) is 30.7 Å². The van der Waals surface area contributed by atoms with Crippen LogP contribution in [0.25, 0.3) is 6.08 Å². The van der Waals surface area contributed by atoms with Crippen molar-refractivity contribution in [2.24, 2.45) is 0 Å². The van der Waals surface area contributed by atoms with Crippen molar-refractivity contribution < 1.29 is 19.2 Å². The van der Waals surface area contributed by atoms with Crippen molar-refractivity contribution in [1.29, 1.82) is 0 Å². The molecule has 0 radical (unpaired) electrons. The number of ether oxygens (including phenoxy) is 1. The molecule has 1 fully saturated rings. The summed E-state index contributed by atoms with van der Waals surface area (Å²) in [5, 5.41) is 14.8. The van der Waals surface area contributed by atoms with E-state index in [9.17, 15) is 19.7 Å². The zero-order chi connectivity index (χ0) is 24.7. The van der Waals surface area contributed by atoms with Crippen LogP contribution in [0, 0.1) is 10.1 Å². The summed E-state index contributed by atoms with van der Waals surface area (Å²) >= 11 is 1.37. The van der Waals surface area contributed by atoms with Gasteiger partial charge in [-0.2, -0.15) is 0 Å². The maximum absolute atomic E-state index is 12.6. The fourth-order valence-corrected chi connectivity index (χ4v) is 4.84. The Morgan fingerprint density at radius 1 is 1.26 bits per heavy atom. The average molecular weight is 484 g/mol. The molecule has 0 aliphatic carbocycles. The number of nitro benzene ring substituents is 1. The summed E-state index contributed by atoms with van der Waals surface area (Å²) in [4.78, 5) is 39.1. The second-order valence-corrected chi connectivity index (χ2v) is 9.24. The molecule has 1 aliphatic heterocycles. The molecule has 0 bridgehead atoms. The topological polar surface area (TPSA) is 102 Å². The first-order valence-electron chi connectivity index (χ1n) is 11.2. The lowest BCUT2D eigenvalue weighted by Crippen LogP contribution is -2.55. The fourth-order valence-electron chi connectivity index (χ4n) is 3.66. The summed E-state index contributed by atoms with van der Waals surface area (Å²) in [7, 11) is 0. The number of benzene rings is 2. The first-order chi connectivity index (χ1) is 16.3. The molecule has 2 aromatic rings. The molecule has 1 amide bonds. The number of nitro groups is 1. The smallest absolute Gasteiger partial charge is 0.324 e. The van der Waals surface area contributed by atoms with E-state index >= 15 is 0 Å². The highest BCUT2D eigenvalue weighted by Crippen LogP contribution is 2.39. The summed E-state index contributed by atoms with van der Waals surface area (Å²) < 4.78 is 5.03. The Labute approximate surface area is 203 Å². The summed E-state index contributed by atoms with van der Waals surface area (Å²) in [6.45, 7) is 7.35. The monoisotopic (exact) mass is 483 g/mol. The third kappa shape index (κ3) is 6.45. The summed E-state index contributed by atoms with van der Waals surface area (Å²) in [5.74, 6) is -0.348. The molecular weight excluding hydrogens is 454 g/mol. The minimum absolute atomic E-state index is 0.0114. The number of amides is 1. The van der Waals surface area contributed by atoms with Crippen LogP contribution in [0.5, 0.6) is 0 Å². The lowest BCUT2D eigenvalue weighted by atomic mass is 10.0. The van der Waals surface area contributed by atoms with Crippen molar-refractivity contribution in [2.45, 2.75) is 42.5 Å². The summed E-state index contributed by atoms with van der Waals surface area (Å²) in [5.41, 5.74) is 1.68. The van der Waals surface area contributed by atoms with E-state index < -0.39 is 11.0 Å². The van der Waals surface area contributed by atoms with E-state index in [2.05, 4.69) is 19.2 Å². The largest absolute Gasteiger partial charge is 0.465 e. The van der Waals surface area contributed by atoms with Crippen LogP contribution in [-0.2, 0) is 14.3 Å². The SMILES string of the molecule is CCOC(=O)C1CN(C(=O)C=Cc2ccc(Sc3ccccc3C(C)C)c([N+](=O)[O-])c2)CCN1. The Bertz CT molecular complexity index is 1090. The fraction of sp³-hybridized carbons (Fsp3) is 0.360. The lowest BCUT2D eigenvalue weighted by molar-refractivity contribution is -0.387. The highest BCUT2D eigenvalue weighted by molar-refractivity contribution is 7.99. The molecule has 1 atom stereocenters. The van der Waals surface area contributed by atoms with Gasteiger partial charge >= 0.3 is 5.97 Å². The van der Waals surface area contributed by atoms with Gasteiger partial charge in [0.15, 0.2) is 0 Å². The predicted molar refractivity (Wildman–Crippen MR) is 132 cm³/mol. The first kappa shape index (κ1) is 25.5. The molecule has 0 spiro atoms. The Kier molecular flexibility index (Phi) is 8.84. The van der Waals surface area contributed by atoms with Gasteiger partial charge in [0.2, 0.25) is 5.91 Å². The Hall–Kier alpha value is -3.17. The van der Waals surface area contributed by atoms with E-state index in [1.54, 1.807) is 30.0 Å². The molecule has 9 heteroatoms. The molecule has 8 nitrogen and oxygen atoms in total. The minimum Gasteiger partial charge on any atom is -0.465 e. The van der Waals surface area contributed by atoms with E-state index in [0.29, 0.717) is 29.5 Å². The van der Waals surface area contributed by atoms with Gasteiger partial charge in [-0.05, 0) is 42.2 Å². The minimum atomic E-state index is -0.558. The zero-order valence-corrected chi connectivity index (χ0v) is 20.3. The molecular formula is C25H29N3O5S. The van der Waals surface area contributed by atoms with E-state index in [0.717, 1.165) is 10.5 Å². The van der Waals surface area contributed by atoms with Crippen LogP contribution in [-0.4, -0.2) is 54.0 Å². The van der Waals surface area contributed by atoms with Gasteiger partial charge in [-0.15, -0.1) is 0 Å². The van der Waals surface area contributed by atoms with E-state index in [1.807, 2.05) is 24.3 Å². The van der Waals surface area contributed by atoms with Crippen LogP contribution in [0.2, 0.25) is 0 Å². The van der Waals surface area contributed by atoms with E-state index in [1.165, 1.54) is 23.9 Å². The third-order valence-corrected chi connectivity index (χ3v) is 6.57. The standard InChI is InChI=1S/C25H29N3O5S/c1-4-33-25(30)20-16-27(14-13-26-20)24(29)12-10-18-9-11-23(21(15-18)28(31)32)34-22-8-6-5-7-19(22)17(2)3/h5-12,15,17,20,26H,4,13-14,16H2,1-3H3. The molecule has 1 unspecified atom stereocenters. The number of esters is 1. The van der Waals surface area contributed by atoms with Crippen LogP contribution < -0.4 is 5.32 Å². The molecule has 1 aliphatic rings. The van der Waals surface area contributed by atoms with Crippen LogP contribution in [0.15, 0.2) is 58.3 Å². The predicted octanol–water partition coefficient (Wildman–Crippen LogP) is 4.25. The van der Waals surface area contributed by atoms with Gasteiger partial charge in [-0.1, -0.05) is 49.9 Å². The second kappa shape index (κ2) is 11.8. The van der Waals surface area contributed by atoms with Gasteiger partial charge in [0.25, 0.3) is 5.69 Å². The lowest BCUT2D eigenvalue weighted by Gasteiger charge is -2.31. The Balaban J connectivity index is 1.74. The van der Waals surface area contributed by atoms with E-state index in [4.69, 9.17) is 4.74 Å². The van der Waals surface area contributed by atoms with Crippen molar-refractivity contribution in [1.82, 2.24) is 10.2 Å². The number of nitrogens with one attached hydrogen (secondary N) is 1. The Morgan fingerprint density at radius 3 is 2.74 bits per heavy atom. The molecule has 0 aromatic heterocycles. The number of piperazine rings is 1. The maximum atomic E-state index is 12.6. The van der Waals surface area contributed by atoms with Crippen molar-refractivity contribution in [3.8, 4) is 0 Å². The molecule has 1 heterocycles. The summed E-state index contributed by atoms with van der Waals surface area (Å²) in [6.07, 6.45) is 2.95. The number of hydrogen-bond acceptors (Lipinski definition) is 7. The van der Waals surface area contributed by atoms with Gasteiger partial charge < -0.3 is 15.0 Å². The van der Waals surface area contributed by atoms with Gasteiger partial charge in [-0.3, -0.25) is 19.7 Å². The molecule has 0 saturated carbocycles. The number of carbonyl (C=O) groups is 2. The molecule has 1 N–H and O–H groups in total. The van der Waals surface area contributed by atoms with Crippen molar-refractivity contribution >= 4 is 35.4 Å². The van der Waals surface area contributed by atoms with Crippen molar-refractivity contribution in [3.05, 3.63) is 69.8 Å². The molecule has 180 valence electrons. The van der Waals surface area contributed by atoms with Gasteiger partial charge in [-0.25, -0.2) is 0 Å². The quantitative estimate of drug-likeness (QED) is 0.259. The number of hydrogen-bond donors (Lipinski definition) is 1. The van der Waals surface area contributed by atoms with Crippen LogP contribution in [0.3, 0.4) is 0 Å². The second-order valence-electron chi connectivity index (χ2n) is 8.16. The number of carbonyl (C=O) groups excluding carboxylic acids is 2. The first-order valence-corrected chi connectivity index (χ1v) is 12.0. The number of rotatable bonds is 8. The molecule has 1 saturated heterocycles. The van der Waals surface area contributed by atoms with Gasteiger partial charge in [0, 0.05) is 36.7 Å². The highest BCUT2D eigenvalue weighted by Gasteiger charge is 2.28. The van der Waals surface area contributed by atoms with Crippen LogP contribution in [0.1, 0.15) is 37.8 Å². The average Bonchev–Trinajstić information content (AvgIpc) is 2.83. The van der Waals surface area contributed by atoms with Crippen LogP contribution in [0.4, 0.5) is 5.69 Å². The molecule has 3 rings (SSSR count). The zero-order valence-electron chi connectivity index (χ0n) is 19.5. The summed E-state index contributed by atoms with van der Waals surface area (Å²) in [6, 6.07) is 12.3. The van der Waals surface area contributed by atoms with Crippen LogP contribution >= 0.6 is 11.8 Å². The highest BCUT2D eigenvalue weighted by atomic mass is 32.2. The third-order valence-electron chi connectivity index (χ3n) is 5.42. The normalized spacial score (nSPS) is 16.1. The molecule has 2 aromatic carbocycles. The maximum Gasteiger partial charge on any atom is 0.324 e. The molecule has 34 heavy (non-hydrogen) atoms. The number of nitrogens with zero attached hydrogens (tertiary/aromatic N) is 2. The van der Waals surface area contributed by atoms with Gasteiger partial charge in [0.1, 0.15) is 6.04 Å². The van der Waals surface area contributed by atoms with Crippen molar-refractivity contribution in [3.63, 3.8) is 0 Å². The Morgan fingerprint density at radius 2 is 2.03 bits per heavy atom. The van der Waals surface area contributed by atoms with Gasteiger partial charge in [0.05, 0.1) is 16.4 Å².